The molecule has 0 spiro atoms. The maximum absolute atomic E-state index is 12.6. The van der Waals surface area contributed by atoms with E-state index in [2.05, 4.69) is 10.0 Å². The zero-order valence-corrected chi connectivity index (χ0v) is 19.0. The molecular weight excluding hydrogens is 462 g/mol. The topological polar surface area (TPSA) is 145 Å². The third-order valence-corrected chi connectivity index (χ3v) is 6.12. The van der Waals surface area contributed by atoms with Crippen LogP contribution in [0.3, 0.4) is 0 Å². The second kappa shape index (κ2) is 10.5. The van der Waals surface area contributed by atoms with E-state index in [1.54, 1.807) is 32.0 Å². The summed E-state index contributed by atoms with van der Waals surface area (Å²) in [5, 5.41) is 13.3. The summed E-state index contributed by atoms with van der Waals surface area (Å²) in [7, 11) is -4.01. The number of anilines is 1. The molecule has 0 unspecified atom stereocenters. The minimum atomic E-state index is -4.01. The minimum absolute atomic E-state index is 0.0236. The normalized spacial score (nSPS) is 13.3. The highest BCUT2D eigenvalue weighted by molar-refractivity contribution is 7.89. The molecule has 0 aliphatic carbocycles. The molecular formula is C20H22ClN3O7S. The van der Waals surface area contributed by atoms with E-state index in [1.165, 1.54) is 31.2 Å². The Balaban J connectivity index is 2.11. The van der Waals surface area contributed by atoms with Gasteiger partial charge in [-0.25, -0.2) is 8.42 Å². The molecule has 2 atom stereocenters. The van der Waals surface area contributed by atoms with Crippen molar-refractivity contribution in [2.24, 2.45) is 5.92 Å². The molecule has 1 amide bonds. The van der Waals surface area contributed by atoms with Crippen LogP contribution in [0.25, 0.3) is 0 Å². The van der Waals surface area contributed by atoms with E-state index < -0.39 is 44.9 Å². The lowest BCUT2D eigenvalue weighted by molar-refractivity contribution is -0.384. The molecule has 0 aromatic heterocycles. The highest BCUT2D eigenvalue weighted by atomic mass is 35.5. The highest BCUT2D eigenvalue weighted by Gasteiger charge is 2.32. The summed E-state index contributed by atoms with van der Waals surface area (Å²) in [4.78, 5) is 35.3. The van der Waals surface area contributed by atoms with E-state index in [0.717, 1.165) is 6.07 Å². The summed E-state index contributed by atoms with van der Waals surface area (Å²) >= 11 is 5.96. The summed E-state index contributed by atoms with van der Waals surface area (Å²) in [6, 6.07) is 9.74. The number of nitro groups is 1. The average Bonchev–Trinajstić information content (AvgIpc) is 2.73. The molecule has 0 saturated carbocycles. The van der Waals surface area contributed by atoms with Gasteiger partial charge in [0.25, 0.3) is 11.6 Å². The van der Waals surface area contributed by atoms with Gasteiger partial charge >= 0.3 is 5.97 Å². The molecule has 0 bridgehead atoms. The molecule has 0 aliphatic rings. The number of esters is 1. The van der Waals surface area contributed by atoms with E-state index in [0.29, 0.717) is 0 Å². The first-order valence-corrected chi connectivity index (χ1v) is 11.3. The Bertz CT molecular complexity index is 1110. The quantitative estimate of drug-likeness (QED) is 0.316. The number of carbonyl (C=O) groups excluding carboxylic acids is 2. The first-order chi connectivity index (χ1) is 14.9. The molecule has 32 heavy (non-hydrogen) atoms. The number of nitrogens with one attached hydrogen (secondary N) is 2. The van der Waals surface area contributed by atoms with Gasteiger partial charge in [-0.1, -0.05) is 43.6 Å². The van der Waals surface area contributed by atoms with Gasteiger partial charge in [-0.15, -0.1) is 0 Å². The van der Waals surface area contributed by atoms with Gasteiger partial charge in [0.1, 0.15) is 6.04 Å². The number of non-ortho nitro benzene ring substituents is 1. The molecule has 172 valence electrons. The molecule has 2 N–H and O–H groups in total. The Labute approximate surface area is 190 Å². The summed E-state index contributed by atoms with van der Waals surface area (Å²) in [6.07, 6.45) is -1.33. The van der Waals surface area contributed by atoms with Crippen LogP contribution in [0, 0.1) is 16.0 Å². The van der Waals surface area contributed by atoms with E-state index in [9.17, 15) is 28.1 Å². The van der Waals surface area contributed by atoms with Crippen molar-refractivity contribution in [3.05, 3.63) is 63.7 Å². The Hall–Kier alpha value is -3.02. The Kier molecular flexibility index (Phi) is 8.31. The smallest absolute Gasteiger partial charge is 0.325 e. The van der Waals surface area contributed by atoms with Gasteiger partial charge in [-0.05, 0) is 31.0 Å². The fraction of sp³-hybridized carbons (Fsp3) is 0.300. The minimum Gasteiger partial charge on any atom is -0.451 e. The number of rotatable bonds is 9. The van der Waals surface area contributed by atoms with Gasteiger partial charge in [0.2, 0.25) is 10.0 Å². The van der Waals surface area contributed by atoms with Crippen LogP contribution >= 0.6 is 11.6 Å². The van der Waals surface area contributed by atoms with Crippen LogP contribution in [0.5, 0.6) is 0 Å². The maximum Gasteiger partial charge on any atom is 0.325 e. The van der Waals surface area contributed by atoms with E-state index in [-0.39, 0.29) is 21.3 Å². The molecule has 0 heterocycles. The first-order valence-electron chi connectivity index (χ1n) is 9.45. The monoisotopic (exact) mass is 483 g/mol. The van der Waals surface area contributed by atoms with Crippen LogP contribution in [0.1, 0.15) is 20.8 Å². The van der Waals surface area contributed by atoms with Crippen molar-refractivity contribution >= 4 is 44.9 Å². The summed E-state index contributed by atoms with van der Waals surface area (Å²) in [5.41, 5.74) is -0.316. The van der Waals surface area contributed by atoms with Gasteiger partial charge in [-0.2, -0.15) is 4.72 Å². The van der Waals surface area contributed by atoms with Crippen molar-refractivity contribution in [1.29, 1.82) is 0 Å². The molecule has 10 nitrogen and oxygen atoms in total. The number of hydrogen-bond acceptors (Lipinski definition) is 7. The van der Waals surface area contributed by atoms with Crippen molar-refractivity contribution in [3.63, 3.8) is 0 Å². The van der Waals surface area contributed by atoms with Crippen LogP contribution in [0.4, 0.5) is 11.4 Å². The van der Waals surface area contributed by atoms with E-state index in [4.69, 9.17) is 16.3 Å². The van der Waals surface area contributed by atoms with Gasteiger partial charge < -0.3 is 10.1 Å². The standard InChI is InChI=1S/C20H22ClN3O7S/c1-12(2)18(23-32(29,30)15-7-5-4-6-8-15)20(26)31-13(3)19(25)22-17-11-14(24(27)28)9-10-16(17)21/h4-13,18,23H,1-3H3,(H,22,25)/t13-,18-/m0/s1. The van der Waals surface area contributed by atoms with Crippen molar-refractivity contribution < 1.29 is 27.7 Å². The third-order valence-electron chi connectivity index (χ3n) is 4.34. The Morgan fingerprint density at radius 3 is 2.28 bits per heavy atom. The largest absolute Gasteiger partial charge is 0.451 e. The Morgan fingerprint density at radius 2 is 1.72 bits per heavy atom. The van der Waals surface area contributed by atoms with Crippen molar-refractivity contribution in [2.45, 2.75) is 37.8 Å². The van der Waals surface area contributed by atoms with Gasteiger partial charge in [0.05, 0.1) is 20.5 Å². The van der Waals surface area contributed by atoms with Crippen molar-refractivity contribution in [3.8, 4) is 0 Å². The van der Waals surface area contributed by atoms with E-state index in [1.807, 2.05) is 0 Å². The Morgan fingerprint density at radius 1 is 1.09 bits per heavy atom. The third kappa shape index (κ3) is 6.49. The predicted octanol–water partition coefficient (Wildman–Crippen LogP) is 3.12. The lowest BCUT2D eigenvalue weighted by atomic mass is 10.1. The number of sulfonamides is 1. The fourth-order valence-electron chi connectivity index (χ4n) is 2.55. The second-order valence-corrected chi connectivity index (χ2v) is 9.27. The van der Waals surface area contributed by atoms with Gasteiger partial charge in [-0.3, -0.25) is 19.7 Å². The molecule has 0 saturated heterocycles. The predicted molar refractivity (Wildman–Crippen MR) is 118 cm³/mol. The zero-order chi connectivity index (χ0) is 24.1. The molecule has 0 aliphatic heterocycles. The molecule has 0 radical (unpaired) electrons. The van der Waals surface area contributed by atoms with Crippen molar-refractivity contribution in [2.75, 3.05) is 5.32 Å². The number of nitro benzene ring substituents is 1. The van der Waals surface area contributed by atoms with Crippen LogP contribution in [-0.4, -0.2) is 37.4 Å². The first kappa shape index (κ1) is 25.2. The summed E-state index contributed by atoms with van der Waals surface area (Å²) in [6.45, 7) is 4.52. The average molecular weight is 484 g/mol. The van der Waals surface area contributed by atoms with Crippen LogP contribution in [0.2, 0.25) is 5.02 Å². The van der Waals surface area contributed by atoms with Crippen LogP contribution in [-0.2, 0) is 24.3 Å². The number of ether oxygens (including phenoxy) is 1. The summed E-state index contributed by atoms with van der Waals surface area (Å²) in [5.74, 6) is -2.23. The molecule has 2 rings (SSSR count). The van der Waals surface area contributed by atoms with Crippen molar-refractivity contribution in [1.82, 2.24) is 4.72 Å². The summed E-state index contributed by atoms with van der Waals surface area (Å²) < 4.78 is 32.6. The number of carbonyl (C=O) groups is 2. The number of hydrogen-bond donors (Lipinski definition) is 2. The maximum atomic E-state index is 12.6. The fourth-order valence-corrected chi connectivity index (χ4v) is 4.07. The SMILES string of the molecule is CC(C)[C@H](NS(=O)(=O)c1ccccc1)C(=O)O[C@@H](C)C(=O)Nc1cc([N+](=O)[O-])ccc1Cl. The van der Waals surface area contributed by atoms with E-state index >= 15 is 0 Å². The van der Waals surface area contributed by atoms with Gasteiger partial charge in [0, 0.05) is 12.1 Å². The highest BCUT2D eigenvalue weighted by Crippen LogP contribution is 2.27. The number of halogens is 1. The van der Waals surface area contributed by atoms with Crippen LogP contribution in [0.15, 0.2) is 53.4 Å². The number of amides is 1. The number of nitrogens with zero attached hydrogens (tertiary/aromatic N) is 1. The molecule has 2 aromatic rings. The molecule has 12 heteroatoms. The van der Waals surface area contributed by atoms with Gasteiger partial charge in [0.15, 0.2) is 6.10 Å². The zero-order valence-electron chi connectivity index (χ0n) is 17.4. The molecule has 2 aromatic carbocycles. The lowest BCUT2D eigenvalue weighted by Gasteiger charge is -2.23. The van der Waals surface area contributed by atoms with Crippen LogP contribution < -0.4 is 10.0 Å². The molecule has 0 fully saturated rings. The lowest BCUT2D eigenvalue weighted by Crippen LogP contribution is -2.47. The number of benzene rings is 2. The second-order valence-electron chi connectivity index (χ2n) is 7.15.